The maximum absolute atomic E-state index is 12.9. The third kappa shape index (κ3) is 1.49. The second kappa shape index (κ2) is 3.39. The molecule has 0 spiro atoms. The Balaban J connectivity index is 2.84. The van der Waals surface area contributed by atoms with Crippen molar-refractivity contribution in [3.8, 4) is 0 Å². The highest BCUT2D eigenvalue weighted by molar-refractivity contribution is 6.68. The number of hydrogen-bond acceptors (Lipinski definition) is 1. The molecule has 14 heavy (non-hydrogen) atoms. The van der Waals surface area contributed by atoms with E-state index in [0.717, 1.165) is 5.39 Å². The van der Waals surface area contributed by atoms with E-state index < -0.39 is 5.24 Å². The quantitative estimate of drug-likeness (QED) is 0.657. The minimum atomic E-state index is -0.568. The number of fused-ring (bicyclic) bond motifs is 1. The van der Waals surface area contributed by atoms with E-state index in [1.807, 2.05) is 0 Å². The zero-order chi connectivity index (χ0) is 10.1. The van der Waals surface area contributed by atoms with Gasteiger partial charge in [-0.3, -0.25) is 4.79 Å². The molecule has 1 nitrogen and oxygen atoms in total. The van der Waals surface area contributed by atoms with E-state index in [2.05, 4.69) is 0 Å². The summed E-state index contributed by atoms with van der Waals surface area (Å²) >= 11 is 5.37. The Labute approximate surface area is 85.1 Å². The Morgan fingerprint density at radius 3 is 2.71 bits per heavy atom. The Morgan fingerprint density at radius 1 is 1.21 bits per heavy atom. The number of benzene rings is 2. The molecule has 0 atom stereocenters. The average Bonchev–Trinajstić information content (AvgIpc) is 2.16. The van der Waals surface area contributed by atoms with Crippen LogP contribution < -0.4 is 0 Å². The molecule has 0 unspecified atom stereocenters. The molecule has 0 aliphatic rings. The van der Waals surface area contributed by atoms with Crippen molar-refractivity contribution in [2.75, 3.05) is 0 Å². The lowest BCUT2D eigenvalue weighted by Crippen LogP contribution is -1.90. The summed E-state index contributed by atoms with van der Waals surface area (Å²) in [5.74, 6) is -0.372. The number of rotatable bonds is 1. The molecule has 70 valence electrons. The fraction of sp³-hybridized carbons (Fsp3) is 0. The molecule has 3 heteroatoms. The molecule has 2 rings (SSSR count). The second-order valence-corrected chi connectivity index (χ2v) is 3.29. The molecule has 0 saturated carbocycles. The van der Waals surface area contributed by atoms with Crippen LogP contribution in [0.2, 0.25) is 0 Å². The molecule has 0 amide bonds. The molecule has 0 heterocycles. The van der Waals surface area contributed by atoms with Crippen LogP contribution in [0.25, 0.3) is 10.8 Å². The van der Waals surface area contributed by atoms with Crippen LogP contribution in [0, 0.1) is 5.82 Å². The van der Waals surface area contributed by atoms with Crippen molar-refractivity contribution in [3.63, 3.8) is 0 Å². The van der Waals surface area contributed by atoms with Crippen LogP contribution in [0.3, 0.4) is 0 Å². The van der Waals surface area contributed by atoms with Gasteiger partial charge in [0.1, 0.15) is 5.82 Å². The Bertz CT molecular complexity index is 508. The molecule has 2 aromatic rings. The summed E-state index contributed by atoms with van der Waals surface area (Å²) in [6.45, 7) is 0. The summed E-state index contributed by atoms with van der Waals surface area (Å²) in [6.07, 6.45) is 0. The normalized spacial score (nSPS) is 10.4. The number of carbonyl (C=O) groups is 1. The van der Waals surface area contributed by atoms with Crippen LogP contribution >= 0.6 is 11.6 Å². The van der Waals surface area contributed by atoms with Gasteiger partial charge >= 0.3 is 0 Å². The minimum Gasteiger partial charge on any atom is -0.276 e. The standard InChI is InChI=1S/C11H6ClFO/c12-11(14)9-3-1-2-7-4-5-8(13)6-10(7)9/h1-6H. The van der Waals surface area contributed by atoms with Gasteiger partial charge in [0.25, 0.3) is 5.24 Å². The second-order valence-electron chi connectivity index (χ2n) is 2.94. The van der Waals surface area contributed by atoms with Crippen LogP contribution in [0.15, 0.2) is 36.4 Å². The molecule has 0 radical (unpaired) electrons. The summed E-state index contributed by atoms with van der Waals surface area (Å²) in [4.78, 5) is 11.0. The van der Waals surface area contributed by atoms with Gasteiger partial charge in [-0.1, -0.05) is 18.2 Å². The van der Waals surface area contributed by atoms with E-state index in [1.54, 1.807) is 24.3 Å². The van der Waals surface area contributed by atoms with Crippen LogP contribution in [0.4, 0.5) is 4.39 Å². The van der Waals surface area contributed by atoms with Crippen molar-refractivity contribution in [1.82, 2.24) is 0 Å². The summed E-state index contributed by atoms with van der Waals surface area (Å²) in [6, 6.07) is 9.38. The largest absolute Gasteiger partial charge is 0.276 e. The maximum atomic E-state index is 12.9. The monoisotopic (exact) mass is 208 g/mol. The van der Waals surface area contributed by atoms with Crippen molar-refractivity contribution < 1.29 is 9.18 Å². The van der Waals surface area contributed by atoms with Gasteiger partial charge in [0.2, 0.25) is 0 Å². The van der Waals surface area contributed by atoms with E-state index in [0.29, 0.717) is 10.9 Å². The molecular weight excluding hydrogens is 203 g/mol. The topological polar surface area (TPSA) is 17.1 Å². The van der Waals surface area contributed by atoms with E-state index in [9.17, 15) is 9.18 Å². The zero-order valence-corrected chi connectivity index (χ0v) is 7.88. The number of hydrogen-bond donors (Lipinski definition) is 0. The van der Waals surface area contributed by atoms with Gasteiger partial charge in [-0.2, -0.15) is 0 Å². The molecule has 2 aromatic carbocycles. The molecule has 0 fully saturated rings. The van der Waals surface area contributed by atoms with Gasteiger partial charge < -0.3 is 0 Å². The van der Waals surface area contributed by atoms with Gasteiger partial charge in [-0.15, -0.1) is 0 Å². The first-order valence-electron chi connectivity index (χ1n) is 4.06. The Morgan fingerprint density at radius 2 is 2.00 bits per heavy atom. The van der Waals surface area contributed by atoms with Crippen LogP contribution in [-0.4, -0.2) is 5.24 Å². The highest BCUT2D eigenvalue weighted by Gasteiger charge is 2.07. The molecule has 0 bridgehead atoms. The summed E-state index contributed by atoms with van der Waals surface area (Å²) in [5.41, 5.74) is 0.337. The predicted octanol–water partition coefficient (Wildman–Crippen LogP) is 3.36. The predicted molar refractivity (Wildman–Crippen MR) is 54.1 cm³/mol. The lowest BCUT2D eigenvalue weighted by molar-refractivity contribution is 0.108. The first kappa shape index (κ1) is 9.16. The number of halogens is 2. The van der Waals surface area contributed by atoms with Crippen LogP contribution in [0.1, 0.15) is 10.4 Å². The van der Waals surface area contributed by atoms with Gasteiger partial charge in [0.15, 0.2) is 0 Å². The summed E-state index contributed by atoms with van der Waals surface area (Å²) < 4.78 is 12.9. The van der Waals surface area contributed by atoms with E-state index in [-0.39, 0.29) is 5.82 Å². The van der Waals surface area contributed by atoms with Crippen LogP contribution in [-0.2, 0) is 0 Å². The Hall–Kier alpha value is -1.41. The van der Waals surface area contributed by atoms with Gasteiger partial charge in [-0.25, -0.2) is 4.39 Å². The molecule has 0 N–H and O–H groups in total. The van der Waals surface area contributed by atoms with E-state index in [4.69, 9.17) is 11.6 Å². The van der Waals surface area contributed by atoms with Crippen molar-refractivity contribution in [2.24, 2.45) is 0 Å². The molecule has 0 aliphatic heterocycles. The van der Waals surface area contributed by atoms with Crippen molar-refractivity contribution >= 4 is 27.6 Å². The SMILES string of the molecule is O=C(Cl)c1cccc2ccc(F)cc12. The van der Waals surface area contributed by atoms with Gasteiger partial charge in [-0.05, 0) is 40.6 Å². The fourth-order valence-corrected chi connectivity index (χ4v) is 1.58. The van der Waals surface area contributed by atoms with E-state index >= 15 is 0 Å². The lowest BCUT2D eigenvalue weighted by atomic mass is 10.1. The smallest absolute Gasteiger partial charge is 0.253 e. The van der Waals surface area contributed by atoms with E-state index in [1.165, 1.54) is 12.1 Å². The highest BCUT2D eigenvalue weighted by Crippen LogP contribution is 2.21. The summed E-state index contributed by atoms with van der Waals surface area (Å²) in [7, 11) is 0. The Kier molecular flexibility index (Phi) is 2.22. The highest BCUT2D eigenvalue weighted by atomic mass is 35.5. The number of carbonyl (C=O) groups excluding carboxylic acids is 1. The third-order valence-corrected chi connectivity index (χ3v) is 2.26. The van der Waals surface area contributed by atoms with Crippen LogP contribution in [0.5, 0.6) is 0 Å². The minimum absolute atomic E-state index is 0.337. The van der Waals surface area contributed by atoms with Gasteiger partial charge in [0, 0.05) is 5.56 Å². The molecular formula is C11H6ClFO. The zero-order valence-electron chi connectivity index (χ0n) is 7.13. The average molecular weight is 209 g/mol. The van der Waals surface area contributed by atoms with Crippen molar-refractivity contribution in [3.05, 3.63) is 47.8 Å². The van der Waals surface area contributed by atoms with Crippen molar-refractivity contribution in [2.45, 2.75) is 0 Å². The molecule has 0 aliphatic carbocycles. The molecule has 0 saturated heterocycles. The fourth-order valence-electron chi connectivity index (χ4n) is 1.42. The third-order valence-electron chi connectivity index (χ3n) is 2.06. The van der Waals surface area contributed by atoms with Gasteiger partial charge in [0.05, 0.1) is 0 Å². The molecule has 0 aromatic heterocycles. The maximum Gasteiger partial charge on any atom is 0.253 e. The summed E-state index contributed by atoms with van der Waals surface area (Å²) in [5, 5.41) is 0.784. The van der Waals surface area contributed by atoms with Crippen molar-refractivity contribution in [1.29, 1.82) is 0 Å². The first-order valence-corrected chi connectivity index (χ1v) is 4.44. The lowest BCUT2D eigenvalue weighted by Gasteiger charge is -2.01. The first-order chi connectivity index (χ1) is 6.68.